The summed E-state index contributed by atoms with van der Waals surface area (Å²) in [6.45, 7) is 4.19. The molecule has 0 radical (unpaired) electrons. The molecule has 13 heavy (non-hydrogen) atoms. The van der Waals surface area contributed by atoms with Gasteiger partial charge in [-0.15, -0.1) is 0 Å². The minimum absolute atomic E-state index is 0.0606. The molecule has 2 aliphatic heterocycles. The third-order valence-corrected chi connectivity index (χ3v) is 2.09. The normalized spacial score (nSPS) is 38.4. The van der Waals surface area contributed by atoms with E-state index in [2.05, 4.69) is 0 Å². The number of fused-ring (bicyclic) bond motifs is 1. The van der Waals surface area contributed by atoms with Gasteiger partial charge in [0.25, 0.3) is 0 Å². The maximum absolute atomic E-state index is 8.47. The van der Waals surface area contributed by atoms with Gasteiger partial charge in [0, 0.05) is 0 Å². The van der Waals surface area contributed by atoms with Gasteiger partial charge in [-0.3, -0.25) is 0 Å². The van der Waals surface area contributed by atoms with Crippen molar-refractivity contribution in [2.24, 2.45) is 0 Å². The first-order valence-corrected chi connectivity index (χ1v) is 4.20. The molecule has 0 aromatic heterocycles. The quantitative estimate of drug-likeness (QED) is 0.522. The summed E-state index contributed by atoms with van der Waals surface area (Å²) in [6, 6.07) is 1.93. The van der Waals surface area contributed by atoms with Gasteiger partial charge in [-0.1, -0.05) is 0 Å². The van der Waals surface area contributed by atoms with E-state index in [-0.39, 0.29) is 12.2 Å². The number of hydrogen-bond donors (Lipinski definition) is 0. The summed E-state index contributed by atoms with van der Waals surface area (Å²) in [5.74, 6) is 0.0197. The summed E-state index contributed by atoms with van der Waals surface area (Å²) < 4.78 is 16.4. The lowest BCUT2D eigenvalue weighted by molar-refractivity contribution is -0.157. The largest absolute Gasteiger partial charge is 0.491 e. The molecule has 0 bridgehead atoms. The van der Waals surface area contributed by atoms with Crippen LogP contribution in [0.15, 0.2) is 11.8 Å². The number of nitriles is 1. The molecule has 0 spiro atoms. The monoisotopic (exact) mass is 181 g/mol. The molecular formula is C9H11NO3. The number of nitrogens with zero attached hydrogens (tertiary/aromatic N) is 1. The fourth-order valence-electron chi connectivity index (χ4n) is 1.65. The van der Waals surface area contributed by atoms with Gasteiger partial charge in [0.15, 0.2) is 5.79 Å². The molecule has 2 saturated heterocycles. The summed E-state index contributed by atoms with van der Waals surface area (Å²) in [7, 11) is 0. The van der Waals surface area contributed by atoms with E-state index in [4.69, 9.17) is 19.5 Å². The zero-order chi connectivity index (χ0) is 9.47. The van der Waals surface area contributed by atoms with Crippen molar-refractivity contribution in [3.8, 4) is 6.07 Å². The highest BCUT2D eigenvalue weighted by molar-refractivity contribution is 5.18. The molecule has 0 amide bonds. The van der Waals surface area contributed by atoms with Crippen LogP contribution in [0.4, 0.5) is 0 Å². The summed E-state index contributed by atoms with van der Waals surface area (Å²) in [6.07, 6.45) is 1.11. The molecule has 2 fully saturated rings. The van der Waals surface area contributed by atoms with Crippen molar-refractivity contribution < 1.29 is 14.2 Å². The van der Waals surface area contributed by atoms with Gasteiger partial charge in [0.2, 0.25) is 0 Å². The number of allylic oxidation sites excluding steroid dienone is 1. The first-order valence-electron chi connectivity index (χ1n) is 4.20. The van der Waals surface area contributed by atoms with E-state index in [1.54, 1.807) is 0 Å². The van der Waals surface area contributed by atoms with Gasteiger partial charge in [-0.2, -0.15) is 5.26 Å². The fourth-order valence-corrected chi connectivity index (χ4v) is 1.65. The third kappa shape index (κ3) is 1.41. The average molecular weight is 181 g/mol. The van der Waals surface area contributed by atoms with Crippen molar-refractivity contribution in [3.63, 3.8) is 0 Å². The second kappa shape index (κ2) is 2.72. The van der Waals surface area contributed by atoms with Crippen LogP contribution >= 0.6 is 0 Å². The van der Waals surface area contributed by atoms with Crippen LogP contribution in [0, 0.1) is 11.3 Å². The van der Waals surface area contributed by atoms with E-state index in [0.29, 0.717) is 12.4 Å². The maximum atomic E-state index is 8.47. The van der Waals surface area contributed by atoms with Gasteiger partial charge < -0.3 is 14.2 Å². The average Bonchev–Trinajstić information content (AvgIpc) is 2.48. The Kier molecular flexibility index (Phi) is 1.79. The highest BCUT2D eigenvalue weighted by Gasteiger charge is 2.48. The lowest BCUT2D eigenvalue weighted by Crippen LogP contribution is -2.23. The Morgan fingerprint density at radius 3 is 3.00 bits per heavy atom. The van der Waals surface area contributed by atoms with Crippen LogP contribution in [0.25, 0.3) is 0 Å². The molecule has 2 rings (SSSR count). The lowest BCUT2D eigenvalue weighted by Gasteiger charge is -2.18. The Bertz CT molecular complexity index is 290. The summed E-state index contributed by atoms with van der Waals surface area (Å²) in [5.41, 5.74) is 0. The van der Waals surface area contributed by atoms with Crippen molar-refractivity contribution >= 4 is 0 Å². The van der Waals surface area contributed by atoms with Crippen molar-refractivity contribution in [3.05, 3.63) is 11.8 Å². The highest BCUT2D eigenvalue weighted by Crippen LogP contribution is 2.36. The van der Waals surface area contributed by atoms with Gasteiger partial charge in [-0.05, 0) is 13.8 Å². The Labute approximate surface area is 76.7 Å². The van der Waals surface area contributed by atoms with E-state index in [1.807, 2.05) is 19.9 Å². The SMILES string of the molecule is CC1(C)O[C@@H]2CO/C(=C\C#N)[C@@H]2O1. The Hall–Kier alpha value is -1.05. The summed E-state index contributed by atoms with van der Waals surface area (Å²) in [5, 5.41) is 8.47. The summed E-state index contributed by atoms with van der Waals surface area (Å²) in [4.78, 5) is 0. The van der Waals surface area contributed by atoms with Crippen LogP contribution < -0.4 is 0 Å². The third-order valence-electron chi connectivity index (χ3n) is 2.09. The van der Waals surface area contributed by atoms with Crippen LogP contribution in [-0.2, 0) is 14.2 Å². The first kappa shape index (κ1) is 8.54. The Morgan fingerprint density at radius 2 is 2.31 bits per heavy atom. The highest BCUT2D eigenvalue weighted by atomic mass is 16.8. The van der Waals surface area contributed by atoms with Crippen molar-refractivity contribution in [1.82, 2.24) is 0 Å². The lowest BCUT2D eigenvalue weighted by atomic mass is 10.2. The van der Waals surface area contributed by atoms with E-state index in [0.717, 1.165) is 0 Å². The van der Waals surface area contributed by atoms with Gasteiger partial charge >= 0.3 is 0 Å². The molecule has 4 nitrogen and oxygen atoms in total. The molecule has 0 aromatic carbocycles. The molecule has 0 saturated carbocycles. The first-order chi connectivity index (χ1) is 6.12. The maximum Gasteiger partial charge on any atom is 0.164 e. The van der Waals surface area contributed by atoms with E-state index < -0.39 is 5.79 Å². The van der Waals surface area contributed by atoms with Crippen molar-refractivity contribution in [2.45, 2.75) is 31.8 Å². The molecule has 0 aromatic rings. The predicted molar refractivity (Wildman–Crippen MR) is 43.5 cm³/mol. The van der Waals surface area contributed by atoms with E-state index in [1.165, 1.54) is 6.08 Å². The standard InChI is InChI=1S/C9H11NO3/c1-9(2)12-7-5-11-6(3-4-10)8(7)13-9/h3,7-8H,5H2,1-2H3/b6-3-/t7-,8+/m1/s1. The smallest absolute Gasteiger partial charge is 0.164 e. The molecule has 0 unspecified atom stereocenters. The van der Waals surface area contributed by atoms with Gasteiger partial charge in [0.1, 0.15) is 24.6 Å². The topological polar surface area (TPSA) is 51.5 Å². The van der Waals surface area contributed by atoms with E-state index in [9.17, 15) is 0 Å². The molecule has 2 aliphatic rings. The second-order valence-electron chi connectivity index (χ2n) is 3.58. The number of ether oxygens (including phenoxy) is 3. The molecule has 4 heteroatoms. The van der Waals surface area contributed by atoms with Crippen molar-refractivity contribution in [1.29, 1.82) is 5.26 Å². The Morgan fingerprint density at radius 1 is 1.54 bits per heavy atom. The van der Waals surface area contributed by atoms with Gasteiger partial charge in [0.05, 0.1) is 12.1 Å². The fraction of sp³-hybridized carbons (Fsp3) is 0.667. The van der Waals surface area contributed by atoms with Gasteiger partial charge in [-0.25, -0.2) is 0 Å². The minimum Gasteiger partial charge on any atom is -0.491 e. The predicted octanol–water partition coefficient (Wildman–Crippen LogP) is 0.944. The van der Waals surface area contributed by atoms with Crippen LogP contribution in [0.2, 0.25) is 0 Å². The number of hydrogen-bond acceptors (Lipinski definition) is 4. The Balaban J connectivity index is 2.18. The van der Waals surface area contributed by atoms with Crippen LogP contribution in [-0.4, -0.2) is 24.6 Å². The molecule has 0 N–H and O–H groups in total. The molecule has 2 heterocycles. The molecule has 2 atom stereocenters. The summed E-state index contributed by atoms with van der Waals surface area (Å²) >= 11 is 0. The second-order valence-corrected chi connectivity index (χ2v) is 3.58. The van der Waals surface area contributed by atoms with Crippen LogP contribution in [0.5, 0.6) is 0 Å². The molecule has 70 valence electrons. The van der Waals surface area contributed by atoms with Crippen LogP contribution in [0.1, 0.15) is 13.8 Å². The van der Waals surface area contributed by atoms with Crippen molar-refractivity contribution in [2.75, 3.05) is 6.61 Å². The molecule has 0 aliphatic carbocycles. The zero-order valence-corrected chi connectivity index (χ0v) is 7.61. The van der Waals surface area contributed by atoms with E-state index >= 15 is 0 Å². The number of rotatable bonds is 0. The molecular weight excluding hydrogens is 170 g/mol. The van der Waals surface area contributed by atoms with Crippen LogP contribution in [0.3, 0.4) is 0 Å². The minimum atomic E-state index is -0.562. The zero-order valence-electron chi connectivity index (χ0n) is 7.61.